The lowest BCUT2D eigenvalue weighted by Crippen LogP contribution is -2.36. The Hall–Kier alpha value is -2.16. The second-order valence-electron chi connectivity index (χ2n) is 6.84. The van der Waals surface area contributed by atoms with Crippen LogP contribution in [0.2, 0.25) is 0 Å². The van der Waals surface area contributed by atoms with Crippen molar-refractivity contribution in [2.24, 2.45) is 5.73 Å². The molecule has 140 valence electrons. The standard InChI is InChI=1S/C18H25N5O3/c1-24-5-4-23-17(21-22-18(23)13-7-14(19)8-13)10-20-9-12-2-3-15-16(6-12)26-11-25-15/h2-3,6,13-14,20H,4-5,7-11,19H2,1H3. The van der Waals surface area contributed by atoms with Crippen molar-refractivity contribution in [1.29, 1.82) is 0 Å². The number of hydrogen-bond acceptors (Lipinski definition) is 7. The molecule has 4 rings (SSSR count). The van der Waals surface area contributed by atoms with Gasteiger partial charge in [-0.2, -0.15) is 0 Å². The summed E-state index contributed by atoms with van der Waals surface area (Å²) in [7, 11) is 1.71. The van der Waals surface area contributed by atoms with Gasteiger partial charge in [0.1, 0.15) is 11.6 Å². The van der Waals surface area contributed by atoms with Gasteiger partial charge in [-0.25, -0.2) is 0 Å². The molecule has 2 heterocycles. The molecule has 26 heavy (non-hydrogen) atoms. The van der Waals surface area contributed by atoms with Crippen LogP contribution in [0.3, 0.4) is 0 Å². The minimum atomic E-state index is 0.292. The van der Waals surface area contributed by atoms with Crippen LogP contribution in [0.1, 0.15) is 36.0 Å². The van der Waals surface area contributed by atoms with Gasteiger partial charge in [0, 0.05) is 32.2 Å². The predicted octanol–water partition coefficient (Wildman–Crippen LogP) is 1.15. The van der Waals surface area contributed by atoms with Gasteiger partial charge in [0.05, 0.1) is 13.2 Å². The van der Waals surface area contributed by atoms with Gasteiger partial charge in [-0.3, -0.25) is 0 Å². The summed E-state index contributed by atoms with van der Waals surface area (Å²) in [6, 6.07) is 6.28. The van der Waals surface area contributed by atoms with Crippen molar-refractivity contribution < 1.29 is 14.2 Å². The van der Waals surface area contributed by atoms with Crippen molar-refractivity contribution in [2.75, 3.05) is 20.5 Å². The third-order valence-electron chi connectivity index (χ3n) is 4.96. The number of rotatable bonds is 8. The normalized spacial score (nSPS) is 21.0. The van der Waals surface area contributed by atoms with Crippen LogP contribution in [0.25, 0.3) is 0 Å². The van der Waals surface area contributed by atoms with E-state index in [0.717, 1.165) is 54.6 Å². The van der Waals surface area contributed by atoms with Crippen molar-refractivity contribution >= 4 is 0 Å². The summed E-state index contributed by atoms with van der Waals surface area (Å²) in [6.07, 6.45) is 1.96. The fourth-order valence-corrected chi connectivity index (χ4v) is 3.45. The molecule has 1 saturated carbocycles. The average Bonchev–Trinajstić information content (AvgIpc) is 3.23. The van der Waals surface area contributed by atoms with E-state index in [2.05, 4.69) is 20.1 Å². The Balaban J connectivity index is 1.39. The van der Waals surface area contributed by atoms with Crippen LogP contribution in [0.15, 0.2) is 18.2 Å². The quantitative estimate of drug-likeness (QED) is 0.730. The molecular formula is C18H25N5O3. The van der Waals surface area contributed by atoms with Gasteiger partial charge in [0.15, 0.2) is 11.5 Å². The third-order valence-corrected chi connectivity index (χ3v) is 4.96. The highest BCUT2D eigenvalue weighted by Crippen LogP contribution is 2.35. The minimum absolute atomic E-state index is 0.292. The number of nitrogens with one attached hydrogen (secondary N) is 1. The highest BCUT2D eigenvalue weighted by atomic mass is 16.7. The molecular weight excluding hydrogens is 334 g/mol. The monoisotopic (exact) mass is 359 g/mol. The first-order chi connectivity index (χ1) is 12.7. The first-order valence-corrected chi connectivity index (χ1v) is 9.00. The van der Waals surface area contributed by atoms with Crippen molar-refractivity contribution in [3.63, 3.8) is 0 Å². The average molecular weight is 359 g/mol. The molecule has 0 unspecified atom stereocenters. The number of nitrogens with zero attached hydrogens (tertiary/aromatic N) is 3. The van der Waals surface area contributed by atoms with Crippen molar-refractivity contribution in [3.05, 3.63) is 35.4 Å². The van der Waals surface area contributed by atoms with Crippen LogP contribution in [-0.2, 0) is 24.4 Å². The number of methoxy groups -OCH3 is 1. The molecule has 0 spiro atoms. The number of fused-ring (bicyclic) bond motifs is 1. The van der Waals surface area contributed by atoms with Crippen molar-refractivity contribution in [2.45, 2.75) is 44.4 Å². The zero-order valence-corrected chi connectivity index (χ0v) is 15.0. The smallest absolute Gasteiger partial charge is 0.231 e. The zero-order chi connectivity index (χ0) is 17.9. The molecule has 2 aromatic rings. The molecule has 0 atom stereocenters. The Morgan fingerprint density at radius 3 is 2.88 bits per heavy atom. The molecule has 0 radical (unpaired) electrons. The van der Waals surface area contributed by atoms with E-state index in [4.69, 9.17) is 19.9 Å². The summed E-state index contributed by atoms with van der Waals surface area (Å²) in [4.78, 5) is 0. The molecule has 1 fully saturated rings. The molecule has 0 amide bonds. The molecule has 1 aromatic heterocycles. The van der Waals surface area contributed by atoms with Gasteiger partial charge < -0.3 is 29.8 Å². The van der Waals surface area contributed by atoms with Crippen LogP contribution in [0.5, 0.6) is 11.5 Å². The largest absolute Gasteiger partial charge is 0.454 e. The summed E-state index contributed by atoms with van der Waals surface area (Å²) < 4.78 is 18.2. The Morgan fingerprint density at radius 1 is 1.23 bits per heavy atom. The van der Waals surface area contributed by atoms with Crippen LogP contribution < -0.4 is 20.5 Å². The Morgan fingerprint density at radius 2 is 2.08 bits per heavy atom. The summed E-state index contributed by atoms with van der Waals surface area (Å²) >= 11 is 0. The van der Waals surface area contributed by atoms with E-state index in [1.54, 1.807) is 7.11 Å². The van der Waals surface area contributed by atoms with Gasteiger partial charge in [-0.15, -0.1) is 10.2 Å². The lowest BCUT2D eigenvalue weighted by atomic mass is 9.80. The zero-order valence-electron chi connectivity index (χ0n) is 15.0. The van der Waals surface area contributed by atoms with Gasteiger partial charge >= 0.3 is 0 Å². The van der Waals surface area contributed by atoms with E-state index >= 15 is 0 Å². The van der Waals surface area contributed by atoms with E-state index in [1.807, 2.05) is 18.2 Å². The number of nitrogens with two attached hydrogens (primary N) is 1. The number of hydrogen-bond donors (Lipinski definition) is 2. The SMILES string of the molecule is COCCn1c(CNCc2ccc3c(c2)OCO3)nnc1C1CC(N)C1. The van der Waals surface area contributed by atoms with Gasteiger partial charge in [0.2, 0.25) is 6.79 Å². The van der Waals surface area contributed by atoms with Crippen molar-refractivity contribution in [1.82, 2.24) is 20.1 Å². The minimum Gasteiger partial charge on any atom is -0.454 e. The first kappa shape index (κ1) is 17.3. The fourth-order valence-electron chi connectivity index (χ4n) is 3.45. The Kier molecular flexibility index (Phi) is 5.05. The number of ether oxygens (including phenoxy) is 3. The maximum absolute atomic E-state index is 5.93. The first-order valence-electron chi connectivity index (χ1n) is 9.00. The summed E-state index contributed by atoms with van der Waals surface area (Å²) in [6.45, 7) is 3.05. The topological polar surface area (TPSA) is 96.5 Å². The van der Waals surface area contributed by atoms with Gasteiger partial charge in [0.25, 0.3) is 0 Å². The summed E-state index contributed by atoms with van der Waals surface area (Å²) in [5, 5.41) is 12.3. The molecule has 1 aliphatic carbocycles. The van der Waals surface area contributed by atoms with Crippen LogP contribution in [-0.4, -0.2) is 41.3 Å². The number of aromatic nitrogens is 3. The molecule has 1 aliphatic heterocycles. The second kappa shape index (κ2) is 7.61. The molecule has 0 saturated heterocycles. The van der Waals surface area contributed by atoms with Crippen molar-refractivity contribution in [3.8, 4) is 11.5 Å². The van der Waals surface area contributed by atoms with E-state index in [1.165, 1.54) is 0 Å². The fraction of sp³-hybridized carbons (Fsp3) is 0.556. The van der Waals surface area contributed by atoms with Gasteiger partial charge in [-0.1, -0.05) is 6.07 Å². The molecule has 0 bridgehead atoms. The number of benzene rings is 1. The Labute approximate surface area is 152 Å². The maximum atomic E-state index is 5.93. The van der Waals surface area contributed by atoms with Crippen LogP contribution in [0.4, 0.5) is 0 Å². The van der Waals surface area contributed by atoms with E-state index in [9.17, 15) is 0 Å². The highest BCUT2D eigenvalue weighted by molar-refractivity contribution is 5.44. The van der Waals surface area contributed by atoms with E-state index < -0.39 is 0 Å². The van der Waals surface area contributed by atoms with Gasteiger partial charge in [-0.05, 0) is 30.5 Å². The molecule has 8 heteroatoms. The second-order valence-corrected chi connectivity index (χ2v) is 6.84. The summed E-state index contributed by atoms with van der Waals surface area (Å²) in [5.74, 6) is 3.98. The molecule has 3 N–H and O–H groups in total. The lowest BCUT2D eigenvalue weighted by molar-refractivity contribution is 0.174. The molecule has 2 aliphatic rings. The molecule has 8 nitrogen and oxygen atoms in total. The maximum Gasteiger partial charge on any atom is 0.231 e. The highest BCUT2D eigenvalue weighted by Gasteiger charge is 2.32. The van der Waals surface area contributed by atoms with E-state index in [0.29, 0.717) is 31.9 Å². The third kappa shape index (κ3) is 3.53. The lowest BCUT2D eigenvalue weighted by Gasteiger charge is -2.31. The predicted molar refractivity (Wildman–Crippen MR) is 95.0 cm³/mol. The van der Waals surface area contributed by atoms with E-state index in [-0.39, 0.29) is 0 Å². The molecule has 1 aromatic carbocycles. The Bertz CT molecular complexity index is 757. The van der Waals surface area contributed by atoms with Crippen LogP contribution in [0, 0.1) is 0 Å². The summed E-state index contributed by atoms with van der Waals surface area (Å²) in [5.41, 5.74) is 7.07. The van der Waals surface area contributed by atoms with Crippen LogP contribution >= 0.6 is 0 Å².